The summed E-state index contributed by atoms with van der Waals surface area (Å²) in [7, 11) is 4.00. The van der Waals surface area contributed by atoms with Crippen molar-refractivity contribution in [1.29, 1.82) is 0 Å². The van der Waals surface area contributed by atoms with E-state index in [1.165, 1.54) is 0 Å². The fourth-order valence-electron chi connectivity index (χ4n) is 1.97. The van der Waals surface area contributed by atoms with Crippen LogP contribution in [0.25, 0.3) is 0 Å². The summed E-state index contributed by atoms with van der Waals surface area (Å²) in [6, 6.07) is 5.17. The Kier molecular flexibility index (Phi) is 5.41. The molecule has 1 atom stereocenters. The van der Waals surface area contributed by atoms with Gasteiger partial charge in [-0.05, 0) is 33.2 Å². The zero-order valence-corrected chi connectivity index (χ0v) is 12.8. The Morgan fingerprint density at radius 2 is 2.00 bits per heavy atom. The molecule has 0 saturated carbocycles. The van der Waals surface area contributed by atoms with E-state index in [0.717, 1.165) is 18.8 Å². The summed E-state index contributed by atoms with van der Waals surface area (Å²) >= 11 is 0. The Morgan fingerprint density at radius 3 is 2.71 bits per heavy atom. The summed E-state index contributed by atoms with van der Waals surface area (Å²) in [6.45, 7) is 4.60. The third-order valence-corrected chi connectivity index (χ3v) is 3.21. The predicted octanol–water partition coefficient (Wildman–Crippen LogP) is 0.936. The van der Waals surface area contributed by atoms with Crippen molar-refractivity contribution in [3.63, 3.8) is 0 Å². The number of amides is 1. The lowest BCUT2D eigenvalue weighted by Gasteiger charge is -2.20. The molecular formula is C15H23N3O3. The summed E-state index contributed by atoms with van der Waals surface area (Å²) in [6.07, 6.45) is 0. The minimum absolute atomic E-state index is 0.0644. The number of hydrogen-bond acceptors (Lipinski definition) is 5. The smallest absolute Gasteiger partial charge is 0.241 e. The largest absolute Gasteiger partial charge is 0.486 e. The molecule has 2 N–H and O–H groups in total. The van der Waals surface area contributed by atoms with E-state index >= 15 is 0 Å². The summed E-state index contributed by atoms with van der Waals surface area (Å²) in [5.41, 5.74) is 0.713. The van der Waals surface area contributed by atoms with Crippen molar-refractivity contribution in [3.05, 3.63) is 18.2 Å². The molecule has 0 radical (unpaired) electrons. The molecule has 1 heterocycles. The number of rotatable bonds is 6. The average molecular weight is 293 g/mol. The number of hydrogen-bond donors (Lipinski definition) is 2. The lowest BCUT2D eigenvalue weighted by Crippen LogP contribution is -2.41. The normalized spacial score (nSPS) is 14.9. The zero-order valence-electron chi connectivity index (χ0n) is 12.8. The van der Waals surface area contributed by atoms with Crippen LogP contribution in [-0.2, 0) is 4.79 Å². The number of fused-ring (bicyclic) bond motifs is 1. The highest BCUT2D eigenvalue weighted by Crippen LogP contribution is 2.32. The van der Waals surface area contributed by atoms with E-state index in [1.54, 1.807) is 6.07 Å². The molecule has 1 aliphatic heterocycles. The van der Waals surface area contributed by atoms with E-state index in [2.05, 4.69) is 15.5 Å². The molecule has 2 rings (SSSR count). The van der Waals surface area contributed by atoms with Gasteiger partial charge in [-0.15, -0.1) is 0 Å². The number of carbonyl (C=O) groups excluding carboxylic acids is 1. The number of ether oxygens (including phenoxy) is 2. The van der Waals surface area contributed by atoms with E-state index in [4.69, 9.17) is 9.47 Å². The van der Waals surface area contributed by atoms with Crippen LogP contribution in [0.4, 0.5) is 5.69 Å². The summed E-state index contributed by atoms with van der Waals surface area (Å²) in [5, 5.41) is 6.07. The van der Waals surface area contributed by atoms with Crippen LogP contribution in [0.2, 0.25) is 0 Å². The number of anilines is 1. The fourth-order valence-corrected chi connectivity index (χ4v) is 1.97. The Morgan fingerprint density at radius 1 is 1.29 bits per heavy atom. The molecule has 116 valence electrons. The maximum Gasteiger partial charge on any atom is 0.241 e. The van der Waals surface area contributed by atoms with Crippen molar-refractivity contribution in [2.75, 3.05) is 45.7 Å². The average Bonchev–Trinajstić information content (AvgIpc) is 2.46. The summed E-state index contributed by atoms with van der Waals surface area (Å²) in [5.74, 6) is 1.33. The van der Waals surface area contributed by atoms with Gasteiger partial charge in [-0.3, -0.25) is 4.79 Å². The van der Waals surface area contributed by atoms with Gasteiger partial charge in [0.2, 0.25) is 5.91 Å². The van der Waals surface area contributed by atoms with E-state index in [0.29, 0.717) is 24.7 Å². The fraction of sp³-hybridized carbons (Fsp3) is 0.533. The highest BCUT2D eigenvalue weighted by molar-refractivity contribution is 5.94. The number of carbonyl (C=O) groups is 1. The molecule has 21 heavy (non-hydrogen) atoms. The Hall–Kier alpha value is -1.79. The minimum atomic E-state index is -0.252. The van der Waals surface area contributed by atoms with Crippen molar-refractivity contribution in [2.45, 2.75) is 13.0 Å². The SMILES string of the molecule is C[C@H](NCCN(C)C)C(=O)Nc1ccc2c(c1)OCCO2. The van der Waals surface area contributed by atoms with Crippen molar-refractivity contribution in [1.82, 2.24) is 10.2 Å². The van der Waals surface area contributed by atoms with Crippen LogP contribution in [0.15, 0.2) is 18.2 Å². The maximum atomic E-state index is 12.1. The first-order valence-electron chi connectivity index (χ1n) is 7.15. The van der Waals surface area contributed by atoms with Crippen LogP contribution in [-0.4, -0.2) is 57.2 Å². The predicted molar refractivity (Wildman–Crippen MR) is 82.1 cm³/mol. The van der Waals surface area contributed by atoms with Gasteiger partial charge in [0.05, 0.1) is 6.04 Å². The van der Waals surface area contributed by atoms with Gasteiger partial charge in [0.25, 0.3) is 0 Å². The number of benzene rings is 1. The third kappa shape index (κ3) is 4.61. The standard InChI is InChI=1S/C15H23N3O3/c1-11(16-6-7-18(2)3)15(19)17-12-4-5-13-14(10-12)21-9-8-20-13/h4-5,10-11,16H,6-9H2,1-3H3,(H,17,19)/t11-/m0/s1. The molecule has 6 heteroatoms. The van der Waals surface area contributed by atoms with Crippen LogP contribution in [0.5, 0.6) is 11.5 Å². The molecular weight excluding hydrogens is 270 g/mol. The van der Waals surface area contributed by atoms with Crippen molar-refractivity contribution in [3.8, 4) is 11.5 Å². The summed E-state index contributed by atoms with van der Waals surface area (Å²) < 4.78 is 11.0. The molecule has 1 amide bonds. The molecule has 0 aliphatic carbocycles. The molecule has 0 bridgehead atoms. The van der Waals surface area contributed by atoms with E-state index in [-0.39, 0.29) is 11.9 Å². The lowest BCUT2D eigenvalue weighted by atomic mass is 10.2. The molecule has 0 spiro atoms. The van der Waals surface area contributed by atoms with E-state index in [9.17, 15) is 4.79 Å². The van der Waals surface area contributed by atoms with Crippen molar-refractivity contribution in [2.24, 2.45) is 0 Å². The topological polar surface area (TPSA) is 62.8 Å². The monoisotopic (exact) mass is 293 g/mol. The van der Waals surface area contributed by atoms with Crippen LogP contribution in [0, 0.1) is 0 Å². The van der Waals surface area contributed by atoms with Gasteiger partial charge < -0.3 is 25.0 Å². The minimum Gasteiger partial charge on any atom is -0.486 e. The van der Waals surface area contributed by atoms with Gasteiger partial charge in [0, 0.05) is 24.8 Å². The second-order valence-electron chi connectivity index (χ2n) is 5.33. The summed E-state index contributed by atoms with van der Waals surface area (Å²) in [4.78, 5) is 14.2. The first kappa shape index (κ1) is 15.6. The van der Waals surface area contributed by atoms with Gasteiger partial charge in [-0.2, -0.15) is 0 Å². The van der Waals surface area contributed by atoms with E-state index in [1.807, 2.05) is 33.2 Å². The quantitative estimate of drug-likeness (QED) is 0.817. The van der Waals surface area contributed by atoms with Gasteiger partial charge in [0.1, 0.15) is 13.2 Å². The van der Waals surface area contributed by atoms with Crippen molar-refractivity contribution >= 4 is 11.6 Å². The van der Waals surface area contributed by atoms with Gasteiger partial charge in [-0.25, -0.2) is 0 Å². The number of likely N-dealkylation sites (N-methyl/N-ethyl adjacent to an activating group) is 1. The van der Waals surface area contributed by atoms with Crippen LogP contribution in [0.3, 0.4) is 0 Å². The first-order valence-corrected chi connectivity index (χ1v) is 7.15. The first-order chi connectivity index (χ1) is 10.1. The molecule has 1 aromatic rings. The zero-order chi connectivity index (χ0) is 15.2. The molecule has 0 unspecified atom stereocenters. The van der Waals surface area contributed by atoms with E-state index < -0.39 is 0 Å². The Balaban J connectivity index is 1.87. The molecule has 1 aromatic carbocycles. The Bertz CT molecular complexity index is 491. The second kappa shape index (κ2) is 7.28. The van der Waals surface area contributed by atoms with Gasteiger partial charge in [0.15, 0.2) is 11.5 Å². The second-order valence-corrected chi connectivity index (χ2v) is 5.33. The maximum absolute atomic E-state index is 12.1. The van der Waals surface area contributed by atoms with Crippen LogP contribution in [0.1, 0.15) is 6.92 Å². The molecule has 0 fully saturated rings. The molecule has 6 nitrogen and oxygen atoms in total. The van der Waals surface area contributed by atoms with Gasteiger partial charge >= 0.3 is 0 Å². The number of nitrogens with one attached hydrogen (secondary N) is 2. The highest BCUT2D eigenvalue weighted by Gasteiger charge is 2.15. The van der Waals surface area contributed by atoms with Crippen LogP contribution < -0.4 is 20.1 Å². The third-order valence-electron chi connectivity index (χ3n) is 3.21. The molecule has 0 saturated heterocycles. The lowest BCUT2D eigenvalue weighted by molar-refractivity contribution is -0.117. The van der Waals surface area contributed by atoms with Gasteiger partial charge in [-0.1, -0.05) is 0 Å². The molecule has 1 aliphatic rings. The Labute approximate surface area is 125 Å². The molecule has 0 aromatic heterocycles. The highest BCUT2D eigenvalue weighted by atomic mass is 16.6. The van der Waals surface area contributed by atoms with Crippen LogP contribution >= 0.6 is 0 Å². The van der Waals surface area contributed by atoms with Crippen molar-refractivity contribution < 1.29 is 14.3 Å². The number of nitrogens with zero attached hydrogens (tertiary/aromatic N) is 1.